The highest BCUT2D eigenvalue weighted by atomic mass is 16.5. The van der Waals surface area contributed by atoms with Crippen molar-refractivity contribution < 1.29 is 9.53 Å². The van der Waals surface area contributed by atoms with Gasteiger partial charge in [-0.05, 0) is 54.4 Å². The third-order valence-electron chi connectivity index (χ3n) is 5.11. The second-order valence-corrected chi connectivity index (χ2v) is 6.35. The number of Topliss-reactive ketones (excluding diaryl/α,β-unsaturated/α-hetero) is 1. The Hall–Kier alpha value is -1.31. The molecule has 104 valence electrons. The number of ketones is 1. The Kier molecular flexibility index (Phi) is 3.98. The van der Waals surface area contributed by atoms with Crippen LogP contribution >= 0.6 is 0 Å². The molecule has 2 nitrogen and oxygen atoms in total. The van der Waals surface area contributed by atoms with Gasteiger partial charge in [-0.1, -0.05) is 20.8 Å². The van der Waals surface area contributed by atoms with Crippen LogP contribution < -0.4 is 4.74 Å². The minimum absolute atomic E-state index is 0.259. The molecule has 1 saturated carbocycles. The standard InChI is InChI=1S/C17H24O2/c1-12-5-8-14(17(12,2)3)11-16(18)13-6-9-15(19-4)10-7-13/h6-7,9-10,12,14H,5,8,11H2,1-4H3/t12-,14+/m0/s1. The van der Waals surface area contributed by atoms with E-state index in [0.29, 0.717) is 18.3 Å². The van der Waals surface area contributed by atoms with E-state index in [1.54, 1.807) is 7.11 Å². The van der Waals surface area contributed by atoms with Gasteiger partial charge in [0.2, 0.25) is 0 Å². The number of methoxy groups -OCH3 is 1. The summed E-state index contributed by atoms with van der Waals surface area (Å²) in [5, 5.41) is 0. The first-order valence-corrected chi connectivity index (χ1v) is 7.12. The van der Waals surface area contributed by atoms with Crippen LogP contribution in [0.1, 0.15) is 50.4 Å². The summed E-state index contributed by atoms with van der Waals surface area (Å²) < 4.78 is 5.12. The lowest BCUT2D eigenvalue weighted by Crippen LogP contribution is -2.25. The Morgan fingerprint density at radius 3 is 2.37 bits per heavy atom. The average Bonchev–Trinajstić information content (AvgIpc) is 2.65. The third-order valence-corrected chi connectivity index (χ3v) is 5.11. The van der Waals surface area contributed by atoms with Gasteiger partial charge in [-0.15, -0.1) is 0 Å². The molecule has 1 aromatic rings. The van der Waals surface area contributed by atoms with E-state index in [4.69, 9.17) is 4.74 Å². The monoisotopic (exact) mass is 260 g/mol. The summed E-state index contributed by atoms with van der Waals surface area (Å²) in [6, 6.07) is 7.45. The van der Waals surface area contributed by atoms with E-state index >= 15 is 0 Å². The van der Waals surface area contributed by atoms with Crippen molar-refractivity contribution in [1.29, 1.82) is 0 Å². The number of carbonyl (C=O) groups is 1. The average molecular weight is 260 g/mol. The molecule has 2 atom stereocenters. The van der Waals surface area contributed by atoms with Crippen LogP contribution in [0.3, 0.4) is 0 Å². The number of carbonyl (C=O) groups excluding carboxylic acids is 1. The van der Waals surface area contributed by atoms with E-state index in [9.17, 15) is 4.79 Å². The molecule has 1 fully saturated rings. The fraction of sp³-hybridized carbons (Fsp3) is 0.588. The highest BCUT2D eigenvalue weighted by molar-refractivity contribution is 5.96. The van der Waals surface area contributed by atoms with Gasteiger partial charge in [-0.3, -0.25) is 4.79 Å². The molecule has 1 aliphatic carbocycles. The number of hydrogen-bond acceptors (Lipinski definition) is 2. The van der Waals surface area contributed by atoms with E-state index < -0.39 is 0 Å². The molecule has 0 saturated heterocycles. The van der Waals surface area contributed by atoms with Crippen LogP contribution in [-0.4, -0.2) is 12.9 Å². The van der Waals surface area contributed by atoms with E-state index in [2.05, 4.69) is 20.8 Å². The third kappa shape index (κ3) is 2.83. The van der Waals surface area contributed by atoms with Gasteiger partial charge in [0.1, 0.15) is 5.75 Å². The second-order valence-electron chi connectivity index (χ2n) is 6.35. The summed E-state index contributed by atoms with van der Waals surface area (Å²) in [5.74, 6) is 2.28. The summed E-state index contributed by atoms with van der Waals surface area (Å²) in [6.45, 7) is 6.91. The lowest BCUT2D eigenvalue weighted by Gasteiger charge is -2.30. The van der Waals surface area contributed by atoms with E-state index in [-0.39, 0.29) is 11.2 Å². The summed E-state index contributed by atoms with van der Waals surface area (Å²) in [6.07, 6.45) is 3.09. The highest BCUT2D eigenvalue weighted by Gasteiger charge is 2.41. The summed E-state index contributed by atoms with van der Waals surface area (Å²) in [4.78, 5) is 12.4. The number of ether oxygens (including phenoxy) is 1. The number of hydrogen-bond donors (Lipinski definition) is 0. The molecular weight excluding hydrogens is 236 g/mol. The maximum atomic E-state index is 12.4. The molecule has 0 aliphatic heterocycles. The zero-order valence-electron chi connectivity index (χ0n) is 12.4. The first-order valence-electron chi connectivity index (χ1n) is 7.12. The van der Waals surface area contributed by atoms with Gasteiger partial charge in [0.15, 0.2) is 5.78 Å². The predicted octanol–water partition coefficient (Wildman–Crippen LogP) is 4.34. The van der Waals surface area contributed by atoms with E-state index in [1.165, 1.54) is 12.8 Å². The summed E-state index contributed by atoms with van der Waals surface area (Å²) in [7, 11) is 1.64. The first-order chi connectivity index (χ1) is 8.95. The van der Waals surface area contributed by atoms with Gasteiger partial charge < -0.3 is 4.74 Å². The van der Waals surface area contributed by atoms with Crippen molar-refractivity contribution in [2.45, 2.75) is 40.0 Å². The van der Waals surface area contributed by atoms with Crippen LogP contribution in [0.5, 0.6) is 5.75 Å². The van der Waals surface area contributed by atoms with Crippen molar-refractivity contribution in [3.8, 4) is 5.75 Å². The molecule has 0 spiro atoms. The smallest absolute Gasteiger partial charge is 0.163 e. The van der Waals surface area contributed by atoms with Gasteiger partial charge in [-0.2, -0.15) is 0 Å². The van der Waals surface area contributed by atoms with Crippen LogP contribution in [0.15, 0.2) is 24.3 Å². The SMILES string of the molecule is COc1ccc(C(=O)C[C@H]2CC[C@H](C)C2(C)C)cc1. The fourth-order valence-corrected chi connectivity index (χ4v) is 3.08. The molecule has 0 heterocycles. The largest absolute Gasteiger partial charge is 0.497 e. The molecule has 2 rings (SSSR count). The molecule has 0 unspecified atom stereocenters. The molecule has 19 heavy (non-hydrogen) atoms. The second kappa shape index (κ2) is 5.36. The molecule has 1 aromatic carbocycles. The van der Waals surface area contributed by atoms with Crippen molar-refractivity contribution in [2.75, 3.05) is 7.11 Å². The van der Waals surface area contributed by atoms with Crippen molar-refractivity contribution >= 4 is 5.78 Å². The zero-order valence-corrected chi connectivity index (χ0v) is 12.4. The van der Waals surface area contributed by atoms with Crippen molar-refractivity contribution in [3.63, 3.8) is 0 Å². The van der Waals surface area contributed by atoms with Crippen LogP contribution in [0.25, 0.3) is 0 Å². The van der Waals surface area contributed by atoms with E-state index in [0.717, 1.165) is 11.3 Å². The van der Waals surface area contributed by atoms with Crippen LogP contribution in [0, 0.1) is 17.3 Å². The Labute approximate surface area is 116 Å². The molecule has 2 heteroatoms. The van der Waals surface area contributed by atoms with Gasteiger partial charge in [0, 0.05) is 12.0 Å². The maximum Gasteiger partial charge on any atom is 0.163 e. The Morgan fingerprint density at radius 1 is 1.26 bits per heavy atom. The predicted molar refractivity (Wildman–Crippen MR) is 77.6 cm³/mol. The fourth-order valence-electron chi connectivity index (χ4n) is 3.08. The summed E-state index contributed by atoms with van der Waals surface area (Å²) in [5.41, 5.74) is 1.08. The zero-order chi connectivity index (χ0) is 14.0. The van der Waals surface area contributed by atoms with Crippen molar-refractivity contribution in [3.05, 3.63) is 29.8 Å². The van der Waals surface area contributed by atoms with Crippen LogP contribution in [0.4, 0.5) is 0 Å². The molecule has 0 amide bonds. The Balaban J connectivity index is 2.05. The lowest BCUT2D eigenvalue weighted by molar-refractivity contribution is 0.0909. The van der Waals surface area contributed by atoms with Crippen molar-refractivity contribution in [1.82, 2.24) is 0 Å². The van der Waals surface area contributed by atoms with E-state index in [1.807, 2.05) is 24.3 Å². The molecule has 0 radical (unpaired) electrons. The Bertz CT molecular complexity index is 445. The Morgan fingerprint density at radius 2 is 1.89 bits per heavy atom. The van der Waals surface area contributed by atoms with Gasteiger partial charge in [-0.25, -0.2) is 0 Å². The molecular formula is C17H24O2. The minimum Gasteiger partial charge on any atom is -0.497 e. The first kappa shape index (κ1) is 14.1. The lowest BCUT2D eigenvalue weighted by atomic mass is 9.74. The van der Waals surface area contributed by atoms with Crippen molar-refractivity contribution in [2.24, 2.45) is 17.3 Å². The molecule has 1 aliphatic rings. The van der Waals surface area contributed by atoms with Crippen LogP contribution in [-0.2, 0) is 0 Å². The molecule has 0 N–H and O–H groups in total. The number of rotatable bonds is 4. The molecule has 0 aromatic heterocycles. The topological polar surface area (TPSA) is 26.3 Å². The summed E-state index contributed by atoms with van der Waals surface area (Å²) >= 11 is 0. The normalized spacial score (nSPS) is 25.3. The van der Waals surface area contributed by atoms with Gasteiger partial charge in [0.05, 0.1) is 7.11 Å². The highest BCUT2D eigenvalue weighted by Crippen LogP contribution is 2.48. The quantitative estimate of drug-likeness (QED) is 0.753. The van der Waals surface area contributed by atoms with Gasteiger partial charge in [0.25, 0.3) is 0 Å². The van der Waals surface area contributed by atoms with Crippen LogP contribution in [0.2, 0.25) is 0 Å². The minimum atomic E-state index is 0.259. The maximum absolute atomic E-state index is 12.4. The van der Waals surface area contributed by atoms with Gasteiger partial charge >= 0.3 is 0 Å². The number of benzene rings is 1. The molecule has 0 bridgehead atoms.